The summed E-state index contributed by atoms with van der Waals surface area (Å²) in [6.07, 6.45) is 4.11. The molecule has 0 amide bonds. The Morgan fingerprint density at radius 1 is 1.19 bits per heavy atom. The number of carbonyl (C=O) groups excluding carboxylic acids is 3. The Kier molecular flexibility index (Phi) is 7.23. The van der Waals surface area contributed by atoms with Gasteiger partial charge in [-0.05, 0) is 63.5 Å². The number of ketones is 1. The monoisotopic (exact) mass is 441 g/mol. The van der Waals surface area contributed by atoms with Gasteiger partial charge in [-0.25, -0.2) is 4.79 Å². The highest BCUT2D eigenvalue weighted by molar-refractivity contribution is 6.01. The van der Waals surface area contributed by atoms with Gasteiger partial charge in [0.05, 0.1) is 5.41 Å². The number of hydrogen-bond acceptors (Lipinski definition) is 6. The topological polar surface area (TPSA) is 81.7 Å². The number of nitrogens with one attached hydrogen (secondary N) is 1. The largest absolute Gasteiger partial charge is 0.453 e. The number of hydroxylamine groups is 1. The van der Waals surface area contributed by atoms with Crippen LogP contribution in [-0.4, -0.2) is 29.9 Å². The van der Waals surface area contributed by atoms with Crippen LogP contribution < -0.4 is 5.48 Å². The predicted molar refractivity (Wildman–Crippen MR) is 121 cm³/mol. The molecule has 174 valence electrons. The highest BCUT2D eigenvalue weighted by atomic mass is 16.7. The van der Waals surface area contributed by atoms with E-state index in [1.54, 1.807) is 20.8 Å². The molecule has 0 spiro atoms. The van der Waals surface area contributed by atoms with Gasteiger partial charge >= 0.3 is 11.9 Å². The SMILES string of the molecule is CC1=C2CCCC[C@@]2(C)C[C@@H](OC(=O)C(Cc2ccccc2)NOC(=O)C(C)(C)C)C1=O. The van der Waals surface area contributed by atoms with Crippen LogP contribution in [-0.2, 0) is 30.4 Å². The molecule has 2 aliphatic rings. The van der Waals surface area contributed by atoms with E-state index in [4.69, 9.17) is 9.57 Å². The van der Waals surface area contributed by atoms with Gasteiger partial charge in [0.1, 0.15) is 6.04 Å². The lowest BCUT2D eigenvalue weighted by Crippen LogP contribution is -2.47. The van der Waals surface area contributed by atoms with Gasteiger partial charge in [-0.2, -0.15) is 0 Å². The van der Waals surface area contributed by atoms with E-state index in [1.807, 2.05) is 37.3 Å². The van der Waals surface area contributed by atoms with Gasteiger partial charge in [-0.3, -0.25) is 9.59 Å². The molecule has 1 aromatic carbocycles. The first-order valence-electron chi connectivity index (χ1n) is 11.5. The summed E-state index contributed by atoms with van der Waals surface area (Å²) in [4.78, 5) is 43.6. The maximum absolute atomic E-state index is 13.2. The van der Waals surface area contributed by atoms with Crippen molar-refractivity contribution in [2.24, 2.45) is 10.8 Å². The van der Waals surface area contributed by atoms with Crippen LogP contribution in [0.15, 0.2) is 41.5 Å². The molecule has 6 heteroatoms. The number of rotatable bonds is 6. The smallest absolute Gasteiger partial charge is 0.330 e. The Morgan fingerprint density at radius 2 is 1.88 bits per heavy atom. The Balaban J connectivity index is 1.76. The molecule has 2 aliphatic carbocycles. The standard InChI is InChI=1S/C26H35NO5/c1-17-19-13-9-10-14-26(19,5)16-21(22(17)28)31-23(29)20(15-18-11-7-6-8-12-18)27-32-24(30)25(2,3)4/h6-8,11-12,20-21,27H,9-10,13-16H2,1-5H3/t20?,21-,26+/m1/s1. The summed E-state index contributed by atoms with van der Waals surface area (Å²) in [5, 5.41) is 0. The van der Waals surface area contributed by atoms with Crippen molar-refractivity contribution >= 4 is 17.7 Å². The van der Waals surface area contributed by atoms with Crippen LogP contribution in [0, 0.1) is 10.8 Å². The fourth-order valence-electron chi connectivity index (χ4n) is 4.65. The van der Waals surface area contributed by atoms with E-state index in [2.05, 4.69) is 12.4 Å². The summed E-state index contributed by atoms with van der Waals surface area (Å²) >= 11 is 0. The van der Waals surface area contributed by atoms with E-state index < -0.39 is 29.5 Å². The van der Waals surface area contributed by atoms with Crippen LogP contribution in [0.2, 0.25) is 0 Å². The molecule has 1 fully saturated rings. The van der Waals surface area contributed by atoms with Gasteiger partial charge in [0, 0.05) is 12.8 Å². The molecular weight excluding hydrogens is 406 g/mol. The minimum atomic E-state index is -0.915. The molecule has 0 radical (unpaired) electrons. The lowest BCUT2D eigenvalue weighted by atomic mass is 9.63. The Bertz CT molecular complexity index is 899. The van der Waals surface area contributed by atoms with Crippen LogP contribution in [0.3, 0.4) is 0 Å². The van der Waals surface area contributed by atoms with Crippen LogP contribution in [0.25, 0.3) is 0 Å². The van der Waals surface area contributed by atoms with Gasteiger partial charge in [-0.15, -0.1) is 5.48 Å². The summed E-state index contributed by atoms with van der Waals surface area (Å²) < 4.78 is 5.76. The summed E-state index contributed by atoms with van der Waals surface area (Å²) in [5.41, 5.74) is 4.63. The molecule has 6 nitrogen and oxygen atoms in total. The van der Waals surface area contributed by atoms with Gasteiger partial charge in [0.2, 0.25) is 0 Å². The van der Waals surface area contributed by atoms with E-state index in [9.17, 15) is 14.4 Å². The van der Waals surface area contributed by atoms with Crippen molar-refractivity contribution < 1.29 is 24.0 Å². The average Bonchev–Trinajstić information content (AvgIpc) is 2.74. The normalized spacial score (nSPS) is 24.5. The molecular formula is C26H35NO5. The first-order valence-corrected chi connectivity index (χ1v) is 11.5. The van der Waals surface area contributed by atoms with Crippen LogP contribution in [0.4, 0.5) is 0 Å². The third-order valence-corrected chi connectivity index (χ3v) is 6.62. The molecule has 1 aromatic rings. The Labute approximate surface area is 190 Å². The molecule has 32 heavy (non-hydrogen) atoms. The van der Waals surface area contributed by atoms with Crippen LogP contribution in [0.1, 0.15) is 72.3 Å². The molecule has 1 unspecified atom stereocenters. The molecule has 1 saturated carbocycles. The quantitative estimate of drug-likeness (QED) is 0.518. The van der Waals surface area contributed by atoms with Crippen LogP contribution >= 0.6 is 0 Å². The van der Waals surface area contributed by atoms with E-state index in [-0.39, 0.29) is 17.6 Å². The third-order valence-electron chi connectivity index (χ3n) is 6.62. The van der Waals surface area contributed by atoms with E-state index in [0.717, 1.165) is 36.8 Å². The van der Waals surface area contributed by atoms with Crippen molar-refractivity contribution in [2.75, 3.05) is 0 Å². The number of fused-ring (bicyclic) bond motifs is 1. The van der Waals surface area contributed by atoms with Crippen molar-refractivity contribution in [3.63, 3.8) is 0 Å². The van der Waals surface area contributed by atoms with Crippen molar-refractivity contribution in [1.82, 2.24) is 5.48 Å². The number of hydrogen-bond donors (Lipinski definition) is 1. The maximum Gasteiger partial charge on any atom is 0.330 e. The second kappa shape index (κ2) is 9.57. The lowest BCUT2D eigenvalue weighted by Gasteiger charge is -2.43. The zero-order valence-electron chi connectivity index (χ0n) is 19.8. The molecule has 0 saturated heterocycles. The summed E-state index contributed by atoms with van der Waals surface area (Å²) in [7, 11) is 0. The molecule has 3 rings (SSSR count). The van der Waals surface area contributed by atoms with Gasteiger partial charge in [0.25, 0.3) is 0 Å². The van der Waals surface area contributed by atoms with E-state index in [1.165, 1.54) is 5.57 Å². The van der Waals surface area contributed by atoms with Crippen molar-refractivity contribution in [2.45, 2.75) is 85.3 Å². The molecule has 1 N–H and O–H groups in total. The summed E-state index contributed by atoms with van der Waals surface area (Å²) in [5.74, 6) is -1.18. The molecule has 3 atom stereocenters. The number of carbonyl (C=O) groups is 3. The van der Waals surface area contributed by atoms with Crippen molar-refractivity contribution in [3.8, 4) is 0 Å². The predicted octanol–water partition coefficient (Wildman–Crippen LogP) is 4.47. The minimum Gasteiger partial charge on any atom is -0.453 e. The number of benzene rings is 1. The molecule has 0 aromatic heterocycles. The average molecular weight is 442 g/mol. The zero-order chi connectivity index (χ0) is 23.5. The highest BCUT2D eigenvalue weighted by Crippen LogP contribution is 2.49. The number of esters is 1. The molecule has 0 bridgehead atoms. The number of ether oxygens (including phenoxy) is 1. The number of Topliss-reactive ketones (excluding diaryl/α,β-unsaturated/α-hetero) is 1. The Morgan fingerprint density at radius 3 is 2.53 bits per heavy atom. The fourth-order valence-corrected chi connectivity index (χ4v) is 4.65. The van der Waals surface area contributed by atoms with E-state index in [0.29, 0.717) is 6.42 Å². The summed E-state index contributed by atoms with van der Waals surface area (Å²) in [6, 6.07) is 8.51. The second-order valence-corrected chi connectivity index (χ2v) is 10.4. The first-order chi connectivity index (χ1) is 15.0. The first kappa shape index (κ1) is 24.2. The van der Waals surface area contributed by atoms with Gasteiger partial charge < -0.3 is 9.57 Å². The van der Waals surface area contributed by atoms with Gasteiger partial charge in [0.15, 0.2) is 11.9 Å². The third kappa shape index (κ3) is 5.47. The van der Waals surface area contributed by atoms with Gasteiger partial charge in [-0.1, -0.05) is 49.2 Å². The van der Waals surface area contributed by atoms with Crippen molar-refractivity contribution in [3.05, 3.63) is 47.0 Å². The zero-order valence-corrected chi connectivity index (χ0v) is 19.8. The highest BCUT2D eigenvalue weighted by Gasteiger charge is 2.44. The van der Waals surface area contributed by atoms with E-state index >= 15 is 0 Å². The fraction of sp³-hybridized carbons (Fsp3) is 0.577. The van der Waals surface area contributed by atoms with Crippen molar-refractivity contribution in [1.29, 1.82) is 0 Å². The lowest BCUT2D eigenvalue weighted by molar-refractivity contribution is -0.171. The molecule has 0 aliphatic heterocycles. The second-order valence-electron chi connectivity index (χ2n) is 10.4. The Hall–Kier alpha value is -2.47. The molecule has 0 heterocycles. The maximum atomic E-state index is 13.2. The van der Waals surface area contributed by atoms with Crippen LogP contribution in [0.5, 0.6) is 0 Å². The number of allylic oxidation sites excluding steroid dienone is 1. The minimum absolute atomic E-state index is 0.109. The summed E-state index contributed by atoms with van der Waals surface area (Å²) in [6.45, 7) is 9.23.